The van der Waals surface area contributed by atoms with Crippen LogP contribution in [0, 0.1) is 0 Å². The Kier molecular flexibility index (Phi) is 4.32. The van der Waals surface area contributed by atoms with Crippen LogP contribution in [0.2, 0.25) is 0 Å². The molecule has 2 atom stereocenters. The van der Waals surface area contributed by atoms with E-state index in [9.17, 15) is 0 Å². The Morgan fingerprint density at radius 2 is 2.50 bits per heavy atom. The minimum atomic E-state index is 0.665. The van der Waals surface area contributed by atoms with Gasteiger partial charge in [0.15, 0.2) is 0 Å². The fourth-order valence-electron chi connectivity index (χ4n) is 1.49. The molecule has 0 bridgehead atoms. The summed E-state index contributed by atoms with van der Waals surface area (Å²) >= 11 is 2.56. The van der Waals surface area contributed by atoms with Crippen molar-refractivity contribution in [3.05, 3.63) is 0 Å². The van der Waals surface area contributed by atoms with Crippen molar-refractivity contribution in [1.82, 2.24) is 4.90 Å². The van der Waals surface area contributed by atoms with Crippen molar-refractivity contribution in [1.29, 1.82) is 0 Å². The molecule has 0 aromatic rings. The fourth-order valence-corrected chi connectivity index (χ4v) is 2.70. The second-order valence-electron chi connectivity index (χ2n) is 3.42. The van der Waals surface area contributed by atoms with Crippen LogP contribution in [0.4, 0.5) is 0 Å². The molecule has 2 unspecified atom stereocenters. The number of nitrogens with zero attached hydrogens (tertiary/aromatic N) is 2. The second kappa shape index (κ2) is 5.04. The zero-order chi connectivity index (χ0) is 8.97. The highest BCUT2D eigenvalue weighted by molar-refractivity contribution is 14.1. The Morgan fingerprint density at radius 1 is 1.75 bits per heavy atom. The van der Waals surface area contributed by atoms with Crippen molar-refractivity contribution >= 4 is 28.9 Å². The van der Waals surface area contributed by atoms with Gasteiger partial charge in [-0.05, 0) is 12.8 Å². The molecule has 1 aliphatic heterocycles. The van der Waals surface area contributed by atoms with Gasteiger partial charge in [0.1, 0.15) is 0 Å². The van der Waals surface area contributed by atoms with Crippen LogP contribution < -0.4 is 0 Å². The molecule has 0 fully saturated rings. The van der Waals surface area contributed by atoms with E-state index in [1.165, 1.54) is 19.3 Å². The third-order valence-corrected chi connectivity index (χ3v) is 3.42. The molecular formula is C9H17IN2. The van der Waals surface area contributed by atoms with Crippen molar-refractivity contribution in [2.75, 3.05) is 13.6 Å². The number of likely N-dealkylation sites (N-methyl/N-ethyl adjacent to an activating group) is 1. The van der Waals surface area contributed by atoms with Crippen LogP contribution in [0.25, 0.3) is 0 Å². The van der Waals surface area contributed by atoms with Gasteiger partial charge in [-0.2, -0.15) is 0 Å². The summed E-state index contributed by atoms with van der Waals surface area (Å²) in [6, 6.07) is 0.665. The van der Waals surface area contributed by atoms with Gasteiger partial charge < -0.3 is 4.90 Å². The fraction of sp³-hybridized carbons (Fsp3) is 0.889. The topological polar surface area (TPSA) is 15.6 Å². The summed E-state index contributed by atoms with van der Waals surface area (Å²) < 4.78 is 0.821. The Hall–Kier alpha value is 0.200. The summed E-state index contributed by atoms with van der Waals surface area (Å²) in [6.45, 7) is 3.25. The van der Waals surface area contributed by atoms with Gasteiger partial charge in [0.2, 0.25) is 0 Å². The number of aliphatic imine (C=N–C) groups is 1. The molecule has 3 heteroatoms. The molecule has 70 valence electrons. The predicted octanol–water partition coefficient (Wildman–Crippen LogP) is 2.32. The number of halogens is 1. The Labute approximate surface area is 88.6 Å². The lowest BCUT2D eigenvalue weighted by Gasteiger charge is -2.21. The predicted molar refractivity (Wildman–Crippen MR) is 62.2 cm³/mol. The van der Waals surface area contributed by atoms with Crippen LogP contribution in [0.3, 0.4) is 0 Å². The average Bonchev–Trinajstić information content (AvgIpc) is 2.37. The van der Waals surface area contributed by atoms with Gasteiger partial charge >= 0.3 is 0 Å². The summed E-state index contributed by atoms with van der Waals surface area (Å²) in [5.41, 5.74) is 0. The van der Waals surface area contributed by atoms with Gasteiger partial charge in [-0.3, -0.25) is 4.99 Å². The third-order valence-electron chi connectivity index (χ3n) is 2.29. The van der Waals surface area contributed by atoms with Crippen molar-refractivity contribution in [3.63, 3.8) is 0 Å². The first-order valence-corrected chi connectivity index (χ1v) is 5.84. The molecule has 0 saturated heterocycles. The minimum Gasteiger partial charge on any atom is -0.361 e. The van der Waals surface area contributed by atoms with Gasteiger partial charge in [-0.1, -0.05) is 35.9 Å². The van der Waals surface area contributed by atoms with Crippen molar-refractivity contribution in [3.8, 4) is 0 Å². The number of hydrogen-bond acceptors (Lipinski definition) is 2. The highest BCUT2D eigenvalue weighted by Crippen LogP contribution is 2.19. The molecule has 0 aromatic carbocycles. The van der Waals surface area contributed by atoms with Gasteiger partial charge in [-0.25, -0.2) is 0 Å². The number of alkyl halides is 1. The Morgan fingerprint density at radius 3 is 3.00 bits per heavy atom. The van der Waals surface area contributed by atoms with E-state index in [-0.39, 0.29) is 0 Å². The van der Waals surface area contributed by atoms with Gasteiger partial charge in [0, 0.05) is 11.0 Å². The van der Waals surface area contributed by atoms with E-state index in [4.69, 9.17) is 0 Å². The van der Waals surface area contributed by atoms with E-state index in [2.05, 4.69) is 46.5 Å². The SMILES string of the molecule is CCCC(I)CC1CN=CN1C. The molecule has 0 saturated carbocycles. The monoisotopic (exact) mass is 280 g/mol. The molecule has 0 aromatic heterocycles. The second-order valence-corrected chi connectivity index (χ2v) is 5.18. The van der Waals surface area contributed by atoms with Crippen LogP contribution in [-0.2, 0) is 0 Å². The highest BCUT2D eigenvalue weighted by atomic mass is 127. The lowest BCUT2D eigenvalue weighted by atomic mass is 10.1. The minimum absolute atomic E-state index is 0.665. The zero-order valence-corrected chi connectivity index (χ0v) is 9.99. The van der Waals surface area contributed by atoms with Crippen molar-refractivity contribution in [2.45, 2.75) is 36.2 Å². The smallest absolute Gasteiger partial charge is 0.0851 e. The molecule has 12 heavy (non-hydrogen) atoms. The van der Waals surface area contributed by atoms with Gasteiger partial charge in [-0.15, -0.1) is 0 Å². The van der Waals surface area contributed by atoms with Crippen molar-refractivity contribution in [2.24, 2.45) is 4.99 Å². The van der Waals surface area contributed by atoms with Crippen LogP contribution in [0.1, 0.15) is 26.2 Å². The number of hydrogen-bond donors (Lipinski definition) is 0. The lowest BCUT2D eigenvalue weighted by molar-refractivity contribution is 0.384. The molecule has 1 rings (SSSR count). The summed E-state index contributed by atoms with van der Waals surface area (Å²) in [5, 5.41) is 0. The number of rotatable bonds is 4. The normalized spacial score (nSPS) is 24.9. The maximum atomic E-state index is 4.26. The third kappa shape index (κ3) is 2.92. The van der Waals surface area contributed by atoms with E-state index < -0.39 is 0 Å². The van der Waals surface area contributed by atoms with Crippen LogP contribution in [0.15, 0.2) is 4.99 Å². The van der Waals surface area contributed by atoms with Gasteiger partial charge in [0.25, 0.3) is 0 Å². The molecule has 1 heterocycles. The molecule has 0 amide bonds. The first kappa shape index (κ1) is 10.3. The first-order chi connectivity index (χ1) is 5.74. The van der Waals surface area contributed by atoms with Crippen LogP contribution in [-0.4, -0.2) is 34.8 Å². The Bertz CT molecular complexity index is 159. The van der Waals surface area contributed by atoms with E-state index in [1.54, 1.807) is 0 Å². The lowest BCUT2D eigenvalue weighted by Crippen LogP contribution is -2.29. The van der Waals surface area contributed by atoms with Crippen LogP contribution >= 0.6 is 22.6 Å². The first-order valence-electron chi connectivity index (χ1n) is 4.60. The standard InChI is InChI=1S/C9H17IN2/c1-3-4-8(10)5-9-6-11-7-12(9)2/h7-9H,3-6H2,1-2H3. The van der Waals surface area contributed by atoms with Gasteiger partial charge in [0.05, 0.1) is 18.9 Å². The summed E-state index contributed by atoms with van der Waals surface area (Å²) in [5.74, 6) is 0. The quantitative estimate of drug-likeness (QED) is 0.570. The van der Waals surface area contributed by atoms with E-state index in [1.807, 2.05) is 6.34 Å². The molecule has 0 aliphatic carbocycles. The Balaban J connectivity index is 2.22. The van der Waals surface area contributed by atoms with E-state index in [0.29, 0.717) is 6.04 Å². The maximum Gasteiger partial charge on any atom is 0.0851 e. The molecule has 2 nitrogen and oxygen atoms in total. The largest absolute Gasteiger partial charge is 0.361 e. The summed E-state index contributed by atoms with van der Waals surface area (Å²) in [4.78, 5) is 6.49. The van der Waals surface area contributed by atoms with E-state index in [0.717, 1.165) is 10.5 Å². The summed E-state index contributed by atoms with van der Waals surface area (Å²) in [7, 11) is 2.12. The molecule has 0 spiro atoms. The van der Waals surface area contributed by atoms with E-state index >= 15 is 0 Å². The molecule has 0 radical (unpaired) electrons. The highest BCUT2D eigenvalue weighted by Gasteiger charge is 2.19. The molecule has 1 aliphatic rings. The van der Waals surface area contributed by atoms with Crippen LogP contribution in [0.5, 0.6) is 0 Å². The molecular weight excluding hydrogens is 263 g/mol. The van der Waals surface area contributed by atoms with Crippen molar-refractivity contribution < 1.29 is 0 Å². The molecule has 0 N–H and O–H groups in total. The average molecular weight is 280 g/mol. The maximum absolute atomic E-state index is 4.26. The summed E-state index contributed by atoms with van der Waals surface area (Å²) in [6.07, 6.45) is 5.88. The zero-order valence-electron chi connectivity index (χ0n) is 7.83.